The first-order valence-electron chi connectivity index (χ1n) is 9.72. The van der Waals surface area contributed by atoms with Crippen LogP contribution in [0.4, 0.5) is 4.39 Å². The normalized spacial score (nSPS) is 12.4. The van der Waals surface area contributed by atoms with Gasteiger partial charge >= 0.3 is 0 Å². The van der Waals surface area contributed by atoms with Crippen molar-refractivity contribution in [3.8, 4) is 17.1 Å². The minimum absolute atomic E-state index is 0.156. The lowest BCUT2D eigenvalue weighted by Gasteiger charge is -2.31. The van der Waals surface area contributed by atoms with Crippen molar-refractivity contribution in [2.75, 3.05) is 6.61 Å². The first-order valence-corrected chi connectivity index (χ1v) is 9.72. The molecule has 1 amide bonds. The number of nitrogens with one attached hydrogen (secondary N) is 1. The fraction of sp³-hybridized carbons (Fsp3) is 0.364. The molecule has 158 valence electrons. The molecule has 7 nitrogen and oxygen atoms in total. The van der Waals surface area contributed by atoms with E-state index in [0.29, 0.717) is 18.1 Å². The molecule has 0 aliphatic heterocycles. The maximum Gasteiger partial charge on any atom is 0.227 e. The quantitative estimate of drug-likeness (QED) is 0.605. The van der Waals surface area contributed by atoms with Crippen molar-refractivity contribution in [1.29, 1.82) is 0 Å². The van der Waals surface area contributed by atoms with Gasteiger partial charge in [0.2, 0.25) is 17.6 Å². The molecule has 1 aromatic carbocycles. The number of benzene rings is 1. The van der Waals surface area contributed by atoms with Gasteiger partial charge in [0, 0.05) is 30.8 Å². The molecular formula is C22H25FN4O3. The van der Waals surface area contributed by atoms with Crippen LogP contribution in [-0.2, 0) is 11.2 Å². The van der Waals surface area contributed by atoms with Gasteiger partial charge in [-0.1, -0.05) is 38.1 Å². The number of aromatic nitrogens is 3. The summed E-state index contributed by atoms with van der Waals surface area (Å²) >= 11 is 0. The topological polar surface area (TPSA) is 90.1 Å². The van der Waals surface area contributed by atoms with Crippen LogP contribution in [0.15, 0.2) is 53.3 Å². The Labute approximate surface area is 174 Å². The van der Waals surface area contributed by atoms with Gasteiger partial charge < -0.3 is 14.6 Å². The number of ether oxygens (including phenoxy) is 1. The summed E-state index contributed by atoms with van der Waals surface area (Å²) < 4.78 is 24.6. The Kier molecular flexibility index (Phi) is 6.76. The van der Waals surface area contributed by atoms with Crippen LogP contribution in [-0.4, -0.2) is 33.7 Å². The molecule has 0 fully saturated rings. The first kappa shape index (κ1) is 21.4. The van der Waals surface area contributed by atoms with Crippen molar-refractivity contribution < 1.29 is 18.4 Å². The van der Waals surface area contributed by atoms with E-state index in [1.54, 1.807) is 42.7 Å². The molecule has 1 unspecified atom stereocenters. The van der Waals surface area contributed by atoms with Crippen molar-refractivity contribution in [3.05, 3.63) is 60.5 Å². The average Bonchev–Trinajstić information content (AvgIpc) is 3.19. The summed E-state index contributed by atoms with van der Waals surface area (Å²) in [5.41, 5.74) is 0.516. The van der Waals surface area contributed by atoms with Crippen LogP contribution >= 0.6 is 0 Å². The lowest BCUT2D eigenvalue weighted by atomic mass is 9.87. The van der Waals surface area contributed by atoms with Gasteiger partial charge in [-0.05, 0) is 29.7 Å². The molecule has 0 saturated heterocycles. The summed E-state index contributed by atoms with van der Waals surface area (Å²) in [4.78, 5) is 20.8. The molecule has 0 bridgehead atoms. The number of para-hydroxylation sites is 1. The molecule has 1 N–H and O–H groups in total. The van der Waals surface area contributed by atoms with Crippen molar-refractivity contribution in [2.45, 2.75) is 39.7 Å². The zero-order valence-corrected chi connectivity index (χ0v) is 17.3. The Bertz CT molecular complexity index is 970. The van der Waals surface area contributed by atoms with E-state index in [2.05, 4.69) is 20.4 Å². The van der Waals surface area contributed by atoms with Gasteiger partial charge in [-0.15, -0.1) is 0 Å². The van der Waals surface area contributed by atoms with Gasteiger partial charge in [0.15, 0.2) is 11.6 Å². The van der Waals surface area contributed by atoms with E-state index in [1.165, 1.54) is 6.07 Å². The van der Waals surface area contributed by atoms with Crippen LogP contribution in [0.2, 0.25) is 0 Å². The second-order valence-electron chi connectivity index (χ2n) is 7.98. The fourth-order valence-corrected chi connectivity index (χ4v) is 2.70. The standard InChI is InChI=1S/C22H25FN4O3/c1-22(2,3)18(14-29-17-7-5-4-6-16(17)23)25-19(28)8-9-20-26-21(27-30-20)15-10-12-24-13-11-15/h4-7,10-13,18H,8-9,14H2,1-3H3,(H,25,28). The molecule has 1 atom stereocenters. The summed E-state index contributed by atoms with van der Waals surface area (Å²) in [6.07, 6.45) is 3.79. The molecule has 0 radical (unpaired) electrons. The third kappa shape index (κ3) is 5.85. The second kappa shape index (κ2) is 9.47. The molecule has 30 heavy (non-hydrogen) atoms. The van der Waals surface area contributed by atoms with Crippen LogP contribution in [0.5, 0.6) is 5.75 Å². The van der Waals surface area contributed by atoms with E-state index in [0.717, 1.165) is 5.56 Å². The van der Waals surface area contributed by atoms with E-state index in [9.17, 15) is 9.18 Å². The third-order valence-electron chi connectivity index (χ3n) is 4.60. The number of hydrogen-bond donors (Lipinski definition) is 1. The Morgan fingerprint density at radius 2 is 1.93 bits per heavy atom. The van der Waals surface area contributed by atoms with Crippen molar-refractivity contribution in [2.24, 2.45) is 5.41 Å². The molecule has 0 spiro atoms. The minimum Gasteiger partial charge on any atom is -0.488 e. The van der Waals surface area contributed by atoms with E-state index in [-0.39, 0.29) is 36.1 Å². The van der Waals surface area contributed by atoms with Crippen molar-refractivity contribution in [3.63, 3.8) is 0 Å². The van der Waals surface area contributed by atoms with E-state index >= 15 is 0 Å². The number of amides is 1. The molecule has 8 heteroatoms. The smallest absolute Gasteiger partial charge is 0.227 e. The predicted molar refractivity (Wildman–Crippen MR) is 109 cm³/mol. The zero-order chi connectivity index (χ0) is 21.6. The molecule has 2 heterocycles. The number of aryl methyl sites for hydroxylation is 1. The Morgan fingerprint density at radius 3 is 2.63 bits per heavy atom. The highest BCUT2D eigenvalue weighted by molar-refractivity contribution is 5.76. The van der Waals surface area contributed by atoms with Gasteiger partial charge in [-0.25, -0.2) is 4.39 Å². The monoisotopic (exact) mass is 412 g/mol. The zero-order valence-electron chi connectivity index (χ0n) is 17.3. The summed E-state index contributed by atoms with van der Waals surface area (Å²) in [6, 6.07) is 9.46. The molecule has 0 saturated carbocycles. The van der Waals surface area contributed by atoms with Crippen LogP contribution in [0.1, 0.15) is 33.1 Å². The Morgan fingerprint density at radius 1 is 1.20 bits per heavy atom. The maximum absolute atomic E-state index is 13.8. The average molecular weight is 412 g/mol. The number of nitrogens with zero attached hydrogens (tertiary/aromatic N) is 3. The van der Waals surface area contributed by atoms with Gasteiger partial charge in [0.25, 0.3) is 0 Å². The highest BCUT2D eigenvalue weighted by Crippen LogP contribution is 2.22. The van der Waals surface area contributed by atoms with E-state index in [4.69, 9.17) is 9.26 Å². The summed E-state index contributed by atoms with van der Waals surface area (Å²) in [5.74, 6) is 0.398. The summed E-state index contributed by atoms with van der Waals surface area (Å²) in [7, 11) is 0. The highest BCUT2D eigenvalue weighted by Gasteiger charge is 2.27. The third-order valence-corrected chi connectivity index (χ3v) is 4.60. The van der Waals surface area contributed by atoms with E-state index < -0.39 is 5.82 Å². The van der Waals surface area contributed by atoms with E-state index in [1.807, 2.05) is 20.8 Å². The van der Waals surface area contributed by atoms with Crippen LogP contribution in [0.3, 0.4) is 0 Å². The van der Waals surface area contributed by atoms with Gasteiger partial charge in [-0.3, -0.25) is 9.78 Å². The van der Waals surface area contributed by atoms with Crippen LogP contribution in [0, 0.1) is 11.2 Å². The molecule has 2 aromatic heterocycles. The summed E-state index contributed by atoms with van der Waals surface area (Å²) in [6.45, 7) is 6.12. The number of carbonyl (C=O) groups is 1. The Hall–Kier alpha value is -3.29. The lowest BCUT2D eigenvalue weighted by molar-refractivity contribution is -0.123. The number of carbonyl (C=O) groups excluding carboxylic acids is 1. The van der Waals surface area contributed by atoms with Gasteiger partial charge in [0.05, 0.1) is 6.04 Å². The van der Waals surface area contributed by atoms with Crippen molar-refractivity contribution in [1.82, 2.24) is 20.4 Å². The van der Waals surface area contributed by atoms with Crippen LogP contribution < -0.4 is 10.1 Å². The number of pyridine rings is 1. The second-order valence-corrected chi connectivity index (χ2v) is 7.98. The van der Waals surface area contributed by atoms with Crippen molar-refractivity contribution >= 4 is 5.91 Å². The SMILES string of the molecule is CC(C)(C)C(COc1ccccc1F)NC(=O)CCc1nc(-c2ccncc2)no1. The predicted octanol–water partition coefficient (Wildman–Crippen LogP) is 3.81. The Balaban J connectivity index is 1.54. The molecule has 0 aliphatic carbocycles. The molecule has 3 aromatic rings. The first-order chi connectivity index (χ1) is 14.3. The number of halogens is 1. The maximum atomic E-state index is 13.8. The molecule has 0 aliphatic rings. The lowest BCUT2D eigenvalue weighted by Crippen LogP contribution is -2.47. The largest absolute Gasteiger partial charge is 0.488 e. The van der Waals surface area contributed by atoms with Crippen LogP contribution in [0.25, 0.3) is 11.4 Å². The van der Waals surface area contributed by atoms with Gasteiger partial charge in [-0.2, -0.15) is 4.98 Å². The highest BCUT2D eigenvalue weighted by atomic mass is 19.1. The number of rotatable bonds is 8. The number of hydrogen-bond acceptors (Lipinski definition) is 6. The minimum atomic E-state index is -0.433. The van der Waals surface area contributed by atoms with Gasteiger partial charge in [0.1, 0.15) is 6.61 Å². The molecule has 3 rings (SSSR count). The fourth-order valence-electron chi connectivity index (χ4n) is 2.70. The molecular weight excluding hydrogens is 387 g/mol. The summed E-state index contributed by atoms with van der Waals surface area (Å²) in [5, 5.41) is 6.91.